The lowest BCUT2D eigenvalue weighted by molar-refractivity contribution is 0.000451. The van der Waals surface area contributed by atoms with Crippen molar-refractivity contribution in [3.8, 4) is 0 Å². The normalized spacial score (nSPS) is 12.6. The van der Waals surface area contributed by atoms with Gasteiger partial charge in [-0.3, -0.25) is 0 Å². The van der Waals surface area contributed by atoms with Crippen LogP contribution in [-0.2, 0) is 4.65 Å². The highest BCUT2D eigenvalue weighted by Crippen LogP contribution is 2.33. The molecule has 94 valence electrons. The molecule has 17 heavy (non-hydrogen) atoms. The van der Waals surface area contributed by atoms with E-state index in [9.17, 15) is 0 Å². The first-order valence-electron chi connectivity index (χ1n) is 6.17. The van der Waals surface area contributed by atoms with E-state index in [0.29, 0.717) is 0 Å². The fraction of sp³-hybridized carbons (Fsp3) is 0.571. The summed E-state index contributed by atoms with van der Waals surface area (Å²) in [6, 6.07) is 7.88. The van der Waals surface area contributed by atoms with Crippen molar-refractivity contribution in [2.45, 2.75) is 47.0 Å². The molecule has 0 bridgehead atoms. The SMILES string of the molecule is CB(OC(C)(C)C(C)(C)C)c1ccc(N)cc1. The summed E-state index contributed by atoms with van der Waals surface area (Å²) in [5.41, 5.74) is 7.57. The number of benzene rings is 1. The molecule has 0 saturated heterocycles. The van der Waals surface area contributed by atoms with Gasteiger partial charge < -0.3 is 10.4 Å². The van der Waals surface area contributed by atoms with Crippen LogP contribution in [0.1, 0.15) is 34.6 Å². The van der Waals surface area contributed by atoms with Gasteiger partial charge in [0.05, 0.1) is 5.60 Å². The largest absolute Gasteiger partial charge is 0.426 e. The lowest BCUT2D eigenvalue weighted by Gasteiger charge is -2.40. The highest BCUT2D eigenvalue weighted by molar-refractivity contribution is 6.66. The van der Waals surface area contributed by atoms with E-state index in [2.05, 4.69) is 41.4 Å². The van der Waals surface area contributed by atoms with Crippen molar-refractivity contribution in [2.24, 2.45) is 5.41 Å². The Bertz CT molecular complexity index is 365. The van der Waals surface area contributed by atoms with Crippen LogP contribution in [0.15, 0.2) is 24.3 Å². The van der Waals surface area contributed by atoms with Gasteiger partial charge in [0.2, 0.25) is 0 Å². The lowest BCUT2D eigenvalue weighted by Crippen LogP contribution is -2.46. The molecule has 0 radical (unpaired) electrons. The van der Waals surface area contributed by atoms with Gasteiger partial charge in [-0.25, -0.2) is 0 Å². The number of anilines is 1. The quantitative estimate of drug-likeness (QED) is 0.643. The Balaban J connectivity index is 2.79. The molecule has 0 aliphatic rings. The maximum atomic E-state index is 6.19. The Hall–Kier alpha value is -0.955. The molecule has 0 amide bonds. The number of rotatable bonds is 3. The first-order valence-corrected chi connectivity index (χ1v) is 6.17. The molecule has 0 atom stereocenters. The van der Waals surface area contributed by atoms with Crippen LogP contribution in [0.2, 0.25) is 6.82 Å². The van der Waals surface area contributed by atoms with Gasteiger partial charge in [-0.05, 0) is 36.9 Å². The van der Waals surface area contributed by atoms with Crippen molar-refractivity contribution >= 4 is 18.1 Å². The standard InChI is InChI=1S/C14H24BNO/c1-13(2,3)14(4,5)17-15(6)11-7-9-12(16)10-8-11/h7-10H,16H2,1-6H3. The molecule has 1 aromatic rings. The molecule has 2 N–H and O–H groups in total. The summed E-state index contributed by atoms with van der Waals surface area (Å²) in [5, 5.41) is 0. The average Bonchev–Trinajstić information content (AvgIpc) is 2.16. The predicted octanol–water partition coefficient (Wildman–Crippen LogP) is 2.94. The zero-order valence-corrected chi connectivity index (χ0v) is 11.9. The van der Waals surface area contributed by atoms with Crippen molar-refractivity contribution in [1.29, 1.82) is 0 Å². The fourth-order valence-electron chi connectivity index (χ4n) is 1.45. The van der Waals surface area contributed by atoms with Crippen molar-refractivity contribution < 1.29 is 4.65 Å². The highest BCUT2D eigenvalue weighted by Gasteiger charge is 2.35. The summed E-state index contributed by atoms with van der Waals surface area (Å²) < 4.78 is 6.19. The van der Waals surface area contributed by atoms with Gasteiger partial charge in [0, 0.05) is 5.69 Å². The Morgan fingerprint density at radius 1 is 1.00 bits per heavy atom. The second kappa shape index (κ2) is 4.73. The van der Waals surface area contributed by atoms with Gasteiger partial charge in [-0.1, -0.05) is 39.7 Å². The minimum atomic E-state index is -0.173. The molecule has 0 unspecified atom stereocenters. The molecule has 0 heterocycles. The molecular weight excluding hydrogens is 209 g/mol. The zero-order valence-electron chi connectivity index (χ0n) is 11.9. The second-order valence-corrected chi connectivity index (χ2v) is 6.19. The Labute approximate surface area is 106 Å². The molecule has 0 aromatic heterocycles. The first kappa shape index (κ1) is 14.1. The van der Waals surface area contributed by atoms with Crippen molar-refractivity contribution in [3.05, 3.63) is 24.3 Å². The summed E-state index contributed by atoms with van der Waals surface area (Å²) >= 11 is 0. The van der Waals surface area contributed by atoms with Crippen LogP contribution in [0.4, 0.5) is 5.69 Å². The molecule has 0 spiro atoms. The summed E-state index contributed by atoms with van der Waals surface area (Å²) in [6.07, 6.45) is 0. The molecule has 0 saturated carbocycles. The summed E-state index contributed by atoms with van der Waals surface area (Å²) in [5.74, 6) is 0. The number of hydrogen-bond acceptors (Lipinski definition) is 2. The van der Waals surface area contributed by atoms with Gasteiger partial charge in [0.15, 0.2) is 0 Å². The molecular formula is C14H24BNO. The monoisotopic (exact) mass is 233 g/mol. The third kappa shape index (κ3) is 3.50. The Morgan fingerprint density at radius 3 is 1.88 bits per heavy atom. The van der Waals surface area contributed by atoms with E-state index < -0.39 is 0 Å². The predicted molar refractivity (Wildman–Crippen MR) is 76.7 cm³/mol. The molecule has 1 aromatic carbocycles. The van der Waals surface area contributed by atoms with Crippen molar-refractivity contribution in [3.63, 3.8) is 0 Å². The third-order valence-corrected chi connectivity index (χ3v) is 3.68. The van der Waals surface area contributed by atoms with Gasteiger partial charge in [-0.15, -0.1) is 0 Å². The van der Waals surface area contributed by atoms with E-state index in [1.165, 1.54) is 0 Å². The first-order chi connectivity index (χ1) is 7.63. The zero-order chi connectivity index (χ0) is 13.3. The second-order valence-electron chi connectivity index (χ2n) is 6.19. The van der Waals surface area contributed by atoms with E-state index in [1.807, 2.05) is 24.3 Å². The highest BCUT2D eigenvalue weighted by atomic mass is 16.5. The average molecular weight is 233 g/mol. The fourth-order valence-corrected chi connectivity index (χ4v) is 1.45. The van der Waals surface area contributed by atoms with Crippen molar-refractivity contribution in [2.75, 3.05) is 5.73 Å². The summed E-state index contributed by atoms with van der Waals surface area (Å²) in [6.45, 7) is 13.0. The number of hydrogen-bond donors (Lipinski definition) is 1. The smallest absolute Gasteiger partial charge is 0.324 e. The maximum absolute atomic E-state index is 6.19. The molecule has 0 aliphatic carbocycles. The molecule has 3 heteroatoms. The van der Waals surface area contributed by atoms with E-state index in [4.69, 9.17) is 10.4 Å². The molecule has 2 nitrogen and oxygen atoms in total. The molecule has 0 fully saturated rings. The van der Waals surface area contributed by atoms with E-state index >= 15 is 0 Å². The van der Waals surface area contributed by atoms with Crippen molar-refractivity contribution in [1.82, 2.24) is 0 Å². The van der Waals surface area contributed by atoms with Gasteiger partial charge in [-0.2, -0.15) is 0 Å². The van der Waals surface area contributed by atoms with Gasteiger partial charge in [0.25, 0.3) is 0 Å². The minimum Gasteiger partial charge on any atom is -0.426 e. The van der Waals surface area contributed by atoms with Crippen LogP contribution in [0, 0.1) is 5.41 Å². The van der Waals surface area contributed by atoms with Gasteiger partial charge >= 0.3 is 6.92 Å². The Morgan fingerprint density at radius 2 is 1.47 bits per heavy atom. The molecule has 1 rings (SSSR count). The van der Waals surface area contributed by atoms with Gasteiger partial charge in [0.1, 0.15) is 0 Å². The number of nitrogen functional groups attached to an aromatic ring is 1. The van der Waals surface area contributed by atoms with E-state index in [-0.39, 0.29) is 17.9 Å². The van der Waals surface area contributed by atoms with Crippen LogP contribution < -0.4 is 11.2 Å². The summed E-state index contributed by atoms with van der Waals surface area (Å²) in [7, 11) is 0. The summed E-state index contributed by atoms with van der Waals surface area (Å²) in [4.78, 5) is 0. The molecule has 0 aliphatic heterocycles. The minimum absolute atomic E-state index is 0.0739. The van der Waals surface area contributed by atoms with E-state index in [0.717, 1.165) is 11.2 Å². The lowest BCUT2D eigenvalue weighted by atomic mass is 9.62. The van der Waals surface area contributed by atoms with Crippen LogP contribution >= 0.6 is 0 Å². The van der Waals surface area contributed by atoms with Crippen LogP contribution in [0.25, 0.3) is 0 Å². The third-order valence-electron chi connectivity index (χ3n) is 3.68. The van der Waals surface area contributed by atoms with Crippen LogP contribution in [0.3, 0.4) is 0 Å². The topological polar surface area (TPSA) is 35.2 Å². The number of nitrogens with two attached hydrogens (primary N) is 1. The van der Waals surface area contributed by atoms with Crippen LogP contribution in [-0.4, -0.2) is 12.5 Å². The maximum Gasteiger partial charge on any atom is 0.324 e. The van der Waals surface area contributed by atoms with Crippen LogP contribution in [0.5, 0.6) is 0 Å². The Kier molecular flexibility index (Phi) is 3.93. The van der Waals surface area contributed by atoms with E-state index in [1.54, 1.807) is 0 Å².